The van der Waals surface area contributed by atoms with E-state index in [1.807, 2.05) is 24.3 Å². The maximum absolute atomic E-state index is 12.7. The van der Waals surface area contributed by atoms with Crippen LogP contribution in [0, 0.1) is 17.2 Å². The molecule has 7 heteroatoms. The normalized spacial score (nSPS) is 17.9. The molecule has 2 aromatic rings. The third-order valence-corrected chi connectivity index (χ3v) is 6.16. The summed E-state index contributed by atoms with van der Waals surface area (Å²) in [5.41, 5.74) is 1.56. The number of rotatable bonds is 9. The van der Waals surface area contributed by atoms with Gasteiger partial charge in [0.05, 0.1) is 21.3 Å². The Morgan fingerprint density at radius 1 is 1.03 bits per heavy atom. The van der Waals surface area contributed by atoms with Crippen LogP contribution in [-0.4, -0.2) is 33.3 Å². The molecule has 0 spiro atoms. The SMILES string of the molecule is COc1ccc(OC)c(COc2ccc(/C=C(\C#N)C(=O)N[C@H]3CCCC[C@H]3C)cc2OC)c1. The monoisotopic (exact) mass is 464 g/mol. The zero-order valence-corrected chi connectivity index (χ0v) is 20.2. The van der Waals surface area contributed by atoms with Crippen LogP contribution in [0.25, 0.3) is 6.08 Å². The van der Waals surface area contributed by atoms with Crippen LogP contribution in [-0.2, 0) is 11.4 Å². The quantitative estimate of drug-likeness (QED) is 0.420. The molecule has 3 rings (SSSR count). The van der Waals surface area contributed by atoms with Gasteiger partial charge in [-0.05, 0) is 60.7 Å². The molecule has 0 bridgehead atoms. The second kappa shape index (κ2) is 12.0. The molecule has 1 N–H and O–H groups in total. The number of hydrogen-bond donors (Lipinski definition) is 1. The van der Waals surface area contributed by atoms with Crippen molar-refractivity contribution in [2.75, 3.05) is 21.3 Å². The number of hydrogen-bond acceptors (Lipinski definition) is 6. The van der Waals surface area contributed by atoms with Gasteiger partial charge in [-0.1, -0.05) is 25.8 Å². The number of carbonyl (C=O) groups excluding carboxylic acids is 1. The van der Waals surface area contributed by atoms with E-state index in [1.165, 1.54) is 6.42 Å². The summed E-state index contributed by atoms with van der Waals surface area (Å²) in [4.78, 5) is 12.7. The van der Waals surface area contributed by atoms with Gasteiger partial charge in [0.1, 0.15) is 29.7 Å². The third-order valence-electron chi connectivity index (χ3n) is 6.16. The lowest BCUT2D eigenvalue weighted by molar-refractivity contribution is -0.118. The fourth-order valence-corrected chi connectivity index (χ4v) is 4.14. The van der Waals surface area contributed by atoms with Crippen molar-refractivity contribution in [3.63, 3.8) is 0 Å². The van der Waals surface area contributed by atoms with Crippen molar-refractivity contribution < 1.29 is 23.7 Å². The molecule has 0 unspecified atom stereocenters. The summed E-state index contributed by atoms with van der Waals surface area (Å²) in [7, 11) is 4.75. The highest BCUT2D eigenvalue weighted by atomic mass is 16.5. The van der Waals surface area contributed by atoms with Gasteiger partial charge in [-0.3, -0.25) is 4.79 Å². The van der Waals surface area contributed by atoms with Crippen molar-refractivity contribution in [1.82, 2.24) is 5.32 Å². The maximum Gasteiger partial charge on any atom is 0.262 e. The highest BCUT2D eigenvalue weighted by Crippen LogP contribution is 2.32. The molecule has 1 aliphatic carbocycles. The summed E-state index contributed by atoms with van der Waals surface area (Å²) in [5.74, 6) is 2.49. The average Bonchev–Trinajstić information content (AvgIpc) is 2.87. The molecule has 2 aromatic carbocycles. The topological polar surface area (TPSA) is 89.8 Å². The van der Waals surface area contributed by atoms with Gasteiger partial charge >= 0.3 is 0 Å². The van der Waals surface area contributed by atoms with Crippen molar-refractivity contribution in [3.8, 4) is 29.1 Å². The first-order valence-electron chi connectivity index (χ1n) is 11.4. The number of nitrogens with zero attached hydrogens (tertiary/aromatic N) is 1. The standard InChI is InChI=1S/C27H32N2O5/c1-18-7-5-6-8-23(18)29-27(30)20(16-28)13-19-9-11-25(26(14-19)33-4)34-17-21-15-22(31-2)10-12-24(21)32-3/h9-15,18,23H,5-8,17H2,1-4H3,(H,29,30)/b20-13+/t18-,23+/m1/s1. The molecule has 1 aliphatic rings. The number of carbonyl (C=O) groups is 1. The Morgan fingerprint density at radius 3 is 2.44 bits per heavy atom. The molecule has 7 nitrogen and oxygen atoms in total. The zero-order valence-electron chi connectivity index (χ0n) is 20.2. The lowest BCUT2D eigenvalue weighted by Gasteiger charge is -2.29. The van der Waals surface area contributed by atoms with Gasteiger partial charge in [-0.15, -0.1) is 0 Å². The maximum atomic E-state index is 12.7. The smallest absolute Gasteiger partial charge is 0.262 e. The highest BCUT2D eigenvalue weighted by Gasteiger charge is 2.24. The van der Waals surface area contributed by atoms with Gasteiger partial charge < -0.3 is 24.3 Å². The fourth-order valence-electron chi connectivity index (χ4n) is 4.14. The van der Waals surface area contributed by atoms with E-state index in [0.29, 0.717) is 34.5 Å². The Labute approximate surface area is 201 Å². The Kier molecular flexibility index (Phi) is 8.80. The van der Waals surface area contributed by atoms with Gasteiger partial charge in [0.15, 0.2) is 11.5 Å². The molecule has 0 aliphatic heterocycles. The van der Waals surface area contributed by atoms with Gasteiger partial charge in [0, 0.05) is 11.6 Å². The van der Waals surface area contributed by atoms with Crippen molar-refractivity contribution in [1.29, 1.82) is 5.26 Å². The van der Waals surface area contributed by atoms with E-state index in [0.717, 1.165) is 24.8 Å². The Hall–Kier alpha value is -3.66. The van der Waals surface area contributed by atoms with Crippen molar-refractivity contribution >= 4 is 12.0 Å². The molecule has 2 atom stereocenters. The Balaban J connectivity index is 1.74. The number of methoxy groups -OCH3 is 3. The van der Waals surface area contributed by atoms with Crippen molar-refractivity contribution in [3.05, 3.63) is 53.1 Å². The number of benzene rings is 2. The molecule has 0 heterocycles. The van der Waals surface area contributed by atoms with E-state index >= 15 is 0 Å². The van der Waals surface area contributed by atoms with E-state index in [1.54, 1.807) is 45.6 Å². The molecule has 1 saturated carbocycles. The van der Waals surface area contributed by atoms with Crippen LogP contribution >= 0.6 is 0 Å². The van der Waals surface area contributed by atoms with Gasteiger partial charge in [-0.2, -0.15) is 5.26 Å². The van der Waals surface area contributed by atoms with Crippen molar-refractivity contribution in [2.24, 2.45) is 5.92 Å². The molecular formula is C27H32N2O5. The number of ether oxygens (including phenoxy) is 4. The summed E-state index contributed by atoms with van der Waals surface area (Å²) >= 11 is 0. The minimum Gasteiger partial charge on any atom is -0.497 e. The van der Waals surface area contributed by atoms with E-state index in [2.05, 4.69) is 12.2 Å². The van der Waals surface area contributed by atoms with E-state index in [4.69, 9.17) is 18.9 Å². The van der Waals surface area contributed by atoms with Gasteiger partial charge in [0.25, 0.3) is 5.91 Å². The molecule has 0 radical (unpaired) electrons. The predicted octanol–water partition coefficient (Wildman–Crippen LogP) is 4.89. The molecular weight excluding hydrogens is 432 g/mol. The van der Waals surface area contributed by atoms with E-state index < -0.39 is 0 Å². The lowest BCUT2D eigenvalue weighted by Crippen LogP contribution is -2.41. The summed E-state index contributed by atoms with van der Waals surface area (Å²) in [5, 5.41) is 12.6. The number of amides is 1. The lowest BCUT2D eigenvalue weighted by atomic mass is 9.86. The largest absolute Gasteiger partial charge is 0.497 e. The zero-order chi connectivity index (χ0) is 24.5. The minimum absolute atomic E-state index is 0.0645. The van der Waals surface area contributed by atoms with Gasteiger partial charge in [0.2, 0.25) is 0 Å². The molecule has 0 aromatic heterocycles. The average molecular weight is 465 g/mol. The first kappa shape index (κ1) is 25.0. The van der Waals surface area contributed by atoms with Crippen LogP contribution in [0.1, 0.15) is 43.7 Å². The van der Waals surface area contributed by atoms with Crippen LogP contribution in [0.15, 0.2) is 42.0 Å². The number of nitriles is 1. The summed E-state index contributed by atoms with van der Waals surface area (Å²) in [6, 6.07) is 12.9. The molecule has 180 valence electrons. The van der Waals surface area contributed by atoms with Crippen LogP contribution < -0.4 is 24.3 Å². The van der Waals surface area contributed by atoms with Crippen LogP contribution in [0.4, 0.5) is 0 Å². The van der Waals surface area contributed by atoms with Crippen LogP contribution in [0.2, 0.25) is 0 Å². The van der Waals surface area contributed by atoms with E-state index in [9.17, 15) is 10.1 Å². The first-order chi connectivity index (χ1) is 16.5. The van der Waals surface area contributed by atoms with Crippen LogP contribution in [0.5, 0.6) is 23.0 Å². The Bertz CT molecular complexity index is 1070. The minimum atomic E-state index is -0.342. The number of nitrogens with one attached hydrogen (secondary N) is 1. The second-order valence-corrected chi connectivity index (χ2v) is 8.39. The molecule has 1 fully saturated rings. The third kappa shape index (κ3) is 6.22. The predicted molar refractivity (Wildman–Crippen MR) is 130 cm³/mol. The Morgan fingerprint density at radius 2 is 1.76 bits per heavy atom. The molecule has 1 amide bonds. The summed E-state index contributed by atoms with van der Waals surface area (Å²) < 4.78 is 22.2. The van der Waals surface area contributed by atoms with E-state index in [-0.39, 0.29) is 24.1 Å². The second-order valence-electron chi connectivity index (χ2n) is 8.39. The first-order valence-corrected chi connectivity index (χ1v) is 11.4. The fraction of sp³-hybridized carbons (Fsp3) is 0.407. The van der Waals surface area contributed by atoms with Crippen LogP contribution in [0.3, 0.4) is 0 Å². The summed E-state index contributed by atoms with van der Waals surface area (Å²) in [6.07, 6.45) is 5.90. The van der Waals surface area contributed by atoms with Crippen molar-refractivity contribution in [2.45, 2.75) is 45.3 Å². The molecule has 0 saturated heterocycles. The summed E-state index contributed by atoms with van der Waals surface area (Å²) in [6.45, 7) is 2.39. The van der Waals surface area contributed by atoms with Gasteiger partial charge in [-0.25, -0.2) is 0 Å². The highest BCUT2D eigenvalue weighted by molar-refractivity contribution is 6.01. The molecule has 34 heavy (non-hydrogen) atoms.